The molecule has 0 aromatic heterocycles. The minimum absolute atomic E-state index is 0.0753. The summed E-state index contributed by atoms with van der Waals surface area (Å²) in [5, 5.41) is 0. The zero-order valence-corrected chi connectivity index (χ0v) is 6.45. The first-order valence-corrected chi connectivity index (χ1v) is 4.19. The minimum Gasteiger partial charge on any atom is -0.325 e. The largest absolute Gasteiger partial charge is 0.325 e. The van der Waals surface area contributed by atoms with Crippen LogP contribution in [0.5, 0.6) is 0 Å². The Bertz CT molecular complexity index is 175. The number of hydrogen-bond donors (Lipinski definition) is 1. The van der Waals surface area contributed by atoms with E-state index in [0.29, 0.717) is 6.42 Å². The van der Waals surface area contributed by atoms with Crippen molar-refractivity contribution in [3.63, 3.8) is 0 Å². The van der Waals surface area contributed by atoms with Crippen LogP contribution < -0.4 is 5.73 Å². The van der Waals surface area contributed by atoms with Crippen LogP contribution >= 0.6 is 0 Å². The topological polar surface area (TPSA) is 26.0 Å². The van der Waals surface area contributed by atoms with E-state index in [0.717, 1.165) is 19.3 Å². The lowest BCUT2D eigenvalue weighted by Gasteiger charge is -2.38. The molecule has 0 spiro atoms. The fourth-order valence-electron chi connectivity index (χ4n) is 1.82. The molecule has 0 aromatic carbocycles. The van der Waals surface area contributed by atoms with Crippen LogP contribution in [-0.2, 0) is 0 Å². The average Bonchev–Trinajstić information content (AvgIpc) is 2.36. The van der Waals surface area contributed by atoms with Gasteiger partial charge < -0.3 is 5.73 Å². The summed E-state index contributed by atoms with van der Waals surface area (Å²) in [7, 11) is 0. The Morgan fingerprint density at radius 1 is 1.36 bits per heavy atom. The van der Waals surface area contributed by atoms with Gasteiger partial charge in [-0.2, -0.15) is 0 Å². The molecule has 2 aliphatic carbocycles. The smallest absolute Gasteiger partial charge is 0.251 e. The molecule has 64 valence electrons. The van der Waals surface area contributed by atoms with Crippen molar-refractivity contribution in [1.29, 1.82) is 0 Å². The number of nitrogens with two attached hydrogens (primary N) is 1. The molecule has 0 radical (unpaired) electrons. The summed E-state index contributed by atoms with van der Waals surface area (Å²) in [6, 6.07) is 0. The van der Waals surface area contributed by atoms with Gasteiger partial charge in [-0.15, -0.1) is 0 Å². The van der Waals surface area contributed by atoms with E-state index in [1.807, 2.05) is 0 Å². The van der Waals surface area contributed by atoms with Crippen LogP contribution in [0, 0.1) is 5.92 Å². The maximum atomic E-state index is 12.4. The number of halogens is 2. The van der Waals surface area contributed by atoms with Crippen LogP contribution in [0.3, 0.4) is 0 Å². The standard InChI is InChI=1S/C8H13F2N/c9-8(10)5-6(8)4-7(11)2-1-3-7/h6H,1-5,11H2. The van der Waals surface area contributed by atoms with E-state index in [1.165, 1.54) is 0 Å². The number of alkyl halides is 2. The summed E-state index contributed by atoms with van der Waals surface area (Å²) in [6.45, 7) is 0. The molecule has 2 fully saturated rings. The van der Waals surface area contributed by atoms with E-state index in [2.05, 4.69) is 0 Å². The van der Waals surface area contributed by atoms with E-state index in [9.17, 15) is 8.78 Å². The van der Waals surface area contributed by atoms with Gasteiger partial charge in [-0.25, -0.2) is 8.78 Å². The van der Waals surface area contributed by atoms with Crippen molar-refractivity contribution in [2.45, 2.75) is 43.6 Å². The Kier molecular flexibility index (Phi) is 1.32. The van der Waals surface area contributed by atoms with Crippen molar-refractivity contribution in [2.24, 2.45) is 11.7 Å². The lowest BCUT2D eigenvalue weighted by atomic mass is 9.74. The molecule has 0 aliphatic heterocycles. The third-order valence-electron chi connectivity index (χ3n) is 2.96. The second-order valence-corrected chi connectivity index (χ2v) is 4.08. The molecule has 11 heavy (non-hydrogen) atoms. The molecule has 0 bridgehead atoms. The van der Waals surface area contributed by atoms with Gasteiger partial charge in [0.05, 0.1) is 0 Å². The van der Waals surface area contributed by atoms with Crippen molar-refractivity contribution in [2.75, 3.05) is 0 Å². The number of rotatable bonds is 2. The van der Waals surface area contributed by atoms with Gasteiger partial charge >= 0.3 is 0 Å². The first kappa shape index (κ1) is 7.47. The lowest BCUT2D eigenvalue weighted by Crippen LogP contribution is -2.47. The van der Waals surface area contributed by atoms with Gasteiger partial charge in [0.1, 0.15) is 0 Å². The molecule has 1 nitrogen and oxygen atoms in total. The van der Waals surface area contributed by atoms with E-state index in [4.69, 9.17) is 5.73 Å². The maximum absolute atomic E-state index is 12.4. The molecule has 0 amide bonds. The van der Waals surface area contributed by atoms with Crippen LogP contribution in [0.15, 0.2) is 0 Å². The molecule has 1 unspecified atom stereocenters. The van der Waals surface area contributed by atoms with Crippen LogP contribution in [0.25, 0.3) is 0 Å². The molecule has 0 heterocycles. The van der Waals surface area contributed by atoms with Crippen molar-refractivity contribution >= 4 is 0 Å². The van der Waals surface area contributed by atoms with E-state index in [1.54, 1.807) is 0 Å². The Labute approximate surface area is 65.0 Å². The molecule has 1 atom stereocenters. The van der Waals surface area contributed by atoms with E-state index < -0.39 is 11.8 Å². The van der Waals surface area contributed by atoms with Crippen LogP contribution in [0.2, 0.25) is 0 Å². The quantitative estimate of drug-likeness (QED) is 0.657. The van der Waals surface area contributed by atoms with Crippen molar-refractivity contribution < 1.29 is 8.78 Å². The second-order valence-electron chi connectivity index (χ2n) is 4.08. The molecule has 2 aliphatic rings. The van der Waals surface area contributed by atoms with Gasteiger partial charge in [-0.3, -0.25) is 0 Å². The van der Waals surface area contributed by atoms with Crippen LogP contribution in [0.1, 0.15) is 32.1 Å². The third-order valence-corrected chi connectivity index (χ3v) is 2.96. The predicted molar refractivity (Wildman–Crippen MR) is 38.4 cm³/mol. The van der Waals surface area contributed by atoms with E-state index in [-0.39, 0.29) is 12.0 Å². The van der Waals surface area contributed by atoms with Gasteiger partial charge in [0.15, 0.2) is 0 Å². The van der Waals surface area contributed by atoms with Gasteiger partial charge in [0, 0.05) is 17.9 Å². The Hall–Kier alpha value is -0.180. The summed E-state index contributed by atoms with van der Waals surface area (Å²) < 4.78 is 24.9. The van der Waals surface area contributed by atoms with E-state index >= 15 is 0 Å². The highest BCUT2D eigenvalue weighted by atomic mass is 19.3. The summed E-state index contributed by atoms with van der Waals surface area (Å²) in [5.41, 5.74) is 5.61. The summed E-state index contributed by atoms with van der Waals surface area (Å²) in [6.07, 6.45) is 3.62. The maximum Gasteiger partial charge on any atom is 0.251 e. The molecule has 2 rings (SSSR count). The molecule has 3 heteroatoms. The van der Waals surface area contributed by atoms with Crippen molar-refractivity contribution in [3.8, 4) is 0 Å². The highest BCUT2D eigenvalue weighted by Crippen LogP contribution is 2.54. The lowest BCUT2D eigenvalue weighted by molar-refractivity contribution is 0.0830. The molecular weight excluding hydrogens is 148 g/mol. The Morgan fingerprint density at radius 2 is 1.91 bits per heavy atom. The first-order chi connectivity index (χ1) is 5.02. The van der Waals surface area contributed by atoms with Gasteiger partial charge in [0.25, 0.3) is 5.92 Å². The third kappa shape index (κ3) is 1.26. The molecule has 0 saturated heterocycles. The minimum atomic E-state index is -2.37. The number of hydrogen-bond acceptors (Lipinski definition) is 1. The zero-order valence-electron chi connectivity index (χ0n) is 6.45. The normalized spacial score (nSPS) is 37.9. The van der Waals surface area contributed by atoms with Gasteiger partial charge in [0.2, 0.25) is 0 Å². The zero-order chi connectivity index (χ0) is 8.11. The first-order valence-electron chi connectivity index (χ1n) is 4.19. The monoisotopic (exact) mass is 161 g/mol. The highest BCUT2D eigenvalue weighted by Gasteiger charge is 2.59. The van der Waals surface area contributed by atoms with Crippen molar-refractivity contribution in [1.82, 2.24) is 0 Å². The Morgan fingerprint density at radius 3 is 2.18 bits per heavy atom. The summed E-state index contributed by atoms with van der Waals surface area (Å²) >= 11 is 0. The van der Waals surface area contributed by atoms with Crippen LogP contribution in [0.4, 0.5) is 8.78 Å². The fraction of sp³-hybridized carbons (Fsp3) is 1.00. The van der Waals surface area contributed by atoms with Gasteiger partial charge in [-0.05, 0) is 25.7 Å². The fourth-order valence-corrected chi connectivity index (χ4v) is 1.82. The molecule has 2 saturated carbocycles. The highest BCUT2D eigenvalue weighted by molar-refractivity contribution is 5.03. The van der Waals surface area contributed by atoms with Gasteiger partial charge in [-0.1, -0.05) is 0 Å². The predicted octanol–water partition coefficient (Wildman–Crippen LogP) is 1.91. The Balaban J connectivity index is 1.83. The molecule has 0 aromatic rings. The average molecular weight is 161 g/mol. The SMILES string of the molecule is NC1(CC2CC2(F)F)CCC1. The van der Waals surface area contributed by atoms with Crippen molar-refractivity contribution in [3.05, 3.63) is 0 Å². The molecule has 2 N–H and O–H groups in total. The second kappa shape index (κ2) is 1.94. The summed E-state index contributed by atoms with van der Waals surface area (Å²) in [5.74, 6) is -2.77. The van der Waals surface area contributed by atoms with Crippen LogP contribution in [-0.4, -0.2) is 11.5 Å². The summed E-state index contributed by atoms with van der Waals surface area (Å²) in [4.78, 5) is 0. The molecular formula is C8H13F2N.